The number of ether oxygens (including phenoxy) is 1. The molecule has 0 radical (unpaired) electrons. The highest BCUT2D eigenvalue weighted by Gasteiger charge is 2.13. The quantitative estimate of drug-likeness (QED) is 0.463. The molecule has 3 N–H and O–H groups in total. The van der Waals surface area contributed by atoms with Gasteiger partial charge in [0.05, 0.1) is 12.9 Å². The van der Waals surface area contributed by atoms with E-state index in [0.717, 1.165) is 17.2 Å². The molecule has 7 heteroatoms. The number of hydrazine groups is 1. The summed E-state index contributed by atoms with van der Waals surface area (Å²) in [6.45, 7) is 10.8. The summed E-state index contributed by atoms with van der Waals surface area (Å²) in [4.78, 5) is 12.1. The summed E-state index contributed by atoms with van der Waals surface area (Å²) in [5.41, 5.74) is 14.1. The molecule has 0 fully saturated rings. The van der Waals surface area contributed by atoms with E-state index in [0.29, 0.717) is 10.9 Å². The predicted octanol–water partition coefficient (Wildman–Crippen LogP) is 4.49. The van der Waals surface area contributed by atoms with Crippen molar-refractivity contribution >= 4 is 40.7 Å². The van der Waals surface area contributed by atoms with Gasteiger partial charge in [-0.05, 0) is 92.4 Å². The van der Waals surface area contributed by atoms with Crippen LogP contribution in [0.1, 0.15) is 33.4 Å². The minimum atomic E-state index is -0.124. The van der Waals surface area contributed by atoms with Crippen LogP contribution in [0.3, 0.4) is 0 Å². The average Bonchev–Trinajstić information content (AvgIpc) is 2.72. The maximum absolute atomic E-state index is 12.1. The topological polar surface area (TPSA) is 62.4 Å². The predicted molar refractivity (Wildman–Crippen MR) is 127 cm³/mol. The fraction of sp³-hybridized carbons (Fsp3) is 0.364. The van der Waals surface area contributed by atoms with Gasteiger partial charge in [-0.2, -0.15) is 0 Å². The van der Waals surface area contributed by atoms with E-state index in [1.165, 1.54) is 33.4 Å². The number of benzene rings is 2. The summed E-state index contributed by atoms with van der Waals surface area (Å²) in [6.07, 6.45) is 0. The first kappa shape index (κ1) is 23.0. The maximum Gasteiger partial charge on any atom is 0.248 e. The van der Waals surface area contributed by atoms with Crippen LogP contribution in [-0.2, 0) is 10.5 Å². The van der Waals surface area contributed by atoms with Crippen molar-refractivity contribution < 1.29 is 9.53 Å². The Hall–Kier alpha value is -2.25. The second kappa shape index (κ2) is 10.5. The van der Waals surface area contributed by atoms with E-state index in [1.807, 2.05) is 24.3 Å². The lowest BCUT2D eigenvalue weighted by Crippen LogP contribution is -2.44. The Bertz CT molecular complexity index is 884. The largest absolute Gasteiger partial charge is 0.497 e. The monoisotopic (exact) mass is 431 g/mol. The van der Waals surface area contributed by atoms with Gasteiger partial charge < -0.3 is 10.1 Å². The van der Waals surface area contributed by atoms with Crippen molar-refractivity contribution in [1.29, 1.82) is 0 Å². The number of methoxy groups -OCH3 is 1. The standard InChI is InChI=1S/C22H29N3O2S2/c1-13-14(2)16(4)20(17(5)15(13)3)11-29-12-21(26)24-25-22(28)23-18-8-7-9-19(10-18)27-6/h7-10H,11-12H2,1-6H3,(H,24,26)(H2,23,25,28). The summed E-state index contributed by atoms with van der Waals surface area (Å²) in [5, 5.41) is 3.32. The van der Waals surface area contributed by atoms with Crippen LogP contribution in [0.5, 0.6) is 5.75 Å². The molecule has 0 saturated heterocycles. The van der Waals surface area contributed by atoms with Crippen LogP contribution in [0.15, 0.2) is 24.3 Å². The summed E-state index contributed by atoms with van der Waals surface area (Å²) in [7, 11) is 1.61. The van der Waals surface area contributed by atoms with Crippen molar-refractivity contribution in [3.8, 4) is 5.75 Å². The molecule has 5 nitrogen and oxygen atoms in total. The number of nitrogens with one attached hydrogen (secondary N) is 3. The van der Waals surface area contributed by atoms with Gasteiger partial charge in [0.2, 0.25) is 5.91 Å². The van der Waals surface area contributed by atoms with Crippen LogP contribution in [0.25, 0.3) is 0 Å². The zero-order chi connectivity index (χ0) is 21.6. The van der Waals surface area contributed by atoms with Crippen molar-refractivity contribution in [3.05, 3.63) is 57.6 Å². The Morgan fingerprint density at radius 3 is 2.24 bits per heavy atom. The van der Waals surface area contributed by atoms with E-state index in [4.69, 9.17) is 17.0 Å². The summed E-state index contributed by atoms with van der Waals surface area (Å²) in [6, 6.07) is 7.39. The summed E-state index contributed by atoms with van der Waals surface area (Å²) < 4.78 is 5.18. The highest BCUT2D eigenvalue weighted by atomic mass is 32.2. The molecule has 0 aliphatic rings. The first-order valence-corrected chi connectivity index (χ1v) is 10.9. The molecule has 2 rings (SSSR count). The number of thioether (sulfide) groups is 1. The average molecular weight is 432 g/mol. The Morgan fingerprint density at radius 2 is 1.62 bits per heavy atom. The molecule has 0 aliphatic heterocycles. The second-order valence-electron chi connectivity index (χ2n) is 6.96. The van der Waals surface area contributed by atoms with Gasteiger partial charge in [-0.15, -0.1) is 11.8 Å². The molecule has 0 atom stereocenters. The molecule has 0 heterocycles. The van der Waals surface area contributed by atoms with Crippen molar-refractivity contribution in [3.63, 3.8) is 0 Å². The number of carbonyl (C=O) groups excluding carboxylic acids is 1. The fourth-order valence-corrected chi connectivity index (χ4v) is 4.23. The highest BCUT2D eigenvalue weighted by Crippen LogP contribution is 2.28. The molecule has 29 heavy (non-hydrogen) atoms. The third-order valence-corrected chi connectivity index (χ3v) is 6.44. The lowest BCUT2D eigenvalue weighted by Gasteiger charge is -2.18. The van der Waals surface area contributed by atoms with E-state index in [9.17, 15) is 4.79 Å². The molecular formula is C22H29N3O2S2. The summed E-state index contributed by atoms with van der Waals surface area (Å²) >= 11 is 6.81. The maximum atomic E-state index is 12.1. The molecule has 156 valence electrons. The van der Waals surface area contributed by atoms with Gasteiger partial charge in [-0.1, -0.05) is 6.07 Å². The van der Waals surface area contributed by atoms with Gasteiger partial charge >= 0.3 is 0 Å². The third-order valence-electron chi connectivity index (χ3n) is 5.28. The molecule has 0 spiro atoms. The van der Waals surface area contributed by atoms with Crippen molar-refractivity contribution in [2.24, 2.45) is 0 Å². The van der Waals surface area contributed by atoms with Gasteiger partial charge in [0.1, 0.15) is 5.75 Å². The molecule has 2 aromatic carbocycles. The van der Waals surface area contributed by atoms with Crippen LogP contribution in [0.2, 0.25) is 0 Å². The van der Waals surface area contributed by atoms with Crippen LogP contribution in [0, 0.1) is 34.6 Å². The number of anilines is 1. The Kier molecular flexibility index (Phi) is 8.34. The number of thiocarbonyl (C=S) groups is 1. The molecule has 1 amide bonds. The van der Waals surface area contributed by atoms with E-state index >= 15 is 0 Å². The smallest absolute Gasteiger partial charge is 0.248 e. The fourth-order valence-electron chi connectivity index (χ4n) is 3.07. The number of hydrogen-bond donors (Lipinski definition) is 3. The number of carbonyl (C=O) groups is 1. The highest BCUT2D eigenvalue weighted by molar-refractivity contribution is 7.99. The third kappa shape index (κ3) is 6.11. The number of rotatable bonds is 6. The van der Waals surface area contributed by atoms with Crippen molar-refractivity contribution in [2.75, 3.05) is 18.2 Å². The molecule has 0 aromatic heterocycles. The van der Waals surface area contributed by atoms with E-state index in [-0.39, 0.29) is 5.91 Å². The van der Waals surface area contributed by atoms with E-state index < -0.39 is 0 Å². The Balaban J connectivity index is 1.81. The molecular weight excluding hydrogens is 402 g/mol. The zero-order valence-electron chi connectivity index (χ0n) is 17.9. The number of hydrogen-bond acceptors (Lipinski definition) is 4. The van der Waals surface area contributed by atoms with Gasteiger partial charge in [0.15, 0.2) is 5.11 Å². The lowest BCUT2D eigenvalue weighted by molar-refractivity contribution is -0.119. The van der Waals surface area contributed by atoms with Crippen LogP contribution < -0.4 is 20.9 Å². The van der Waals surface area contributed by atoms with Gasteiger partial charge in [-0.25, -0.2) is 0 Å². The number of amides is 1. The molecule has 0 saturated carbocycles. The first-order valence-electron chi connectivity index (χ1n) is 9.38. The minimum Gasteiger partial charge on any atom is -0.497 e. The first-order chi connectivity index (χ1) is 13.7. The Morgan fingerprint density at radius 1 is 1.00 bits per heavy atom. The van der Waals surface area contributed by atoms with Gasteiger partial charge in [0.25, 0.3) is 0 Å². The molecule has 0 bridgehead atoms. The summed E-state index contributed by atoms with van der Waals surface area (Å²) in [5.74, 6) is 1.75. The zero-order valence-corrected chi connectivity index (χ0v) is 19.5. The lowest BCUT2D eigenvalue weighted by atomic mass is 9.90. The van der Waals surface area contributed by atoms with Crippen LogP contribution >= 0.6 is 24.0 Å². The second-order valence-corrected chi connectivity index (χ2v) is 8.35. The van der Waals surface area contributed by atoms with E-state index in [1.54, 1.807) is 18.9 Å². The Labute approximate surface area is 183 Å². The molecule has 0 unspecified atom stereocenters. The van der Waals surface area contributed by atoms with Crippen molar-refractivity contribution in [1.82, 2.24) is 10.9 Å². The van der Waals surface area contributed by atoms with Crippen LogP contribution in [-0.4, -0.2) is 23.9 Å². The molecule has 2 aromatic rings. The normalized spacial score (nSPS) is 10.4. The van der Waals surface area contributed by atoms with E-state index in [2.05, 4.69) is 50.8 Å². The molecule has 0 aliphatic carbocycles. The van der Waals surface area contributed by atoms with Crippen LogP contribution in [0.4, 0.5) is 5.69 Å². The van der Waals surface area contributed by atoms with Gasteiger partial charge in [0, 0.05) is 17.5 Å². The SMILES string of the molecule is COc1cccc(NC(=S)NNC(=O)CSCc2c(C)c(C)c(C)c(C)c2C)c1. The minimum absolute atomic E-state index is 0.124. The van der Waals surface area contributed by atoms with Gasteiger partial charge in [-0.3, -0.25) is 15.6 Å². The van der Waals surface area contributed by atoms with Crippen molar-refractivity contribution in [2.45, 2.75) is 40.4 Å².